The third kappa shape index (κ3) is 4.51. The van der Waals surface area contributed by atoms with Crippen LogP contribution in [0.4, 0.5) is 0 Å². The summed E-state index contributed by atoms with van der Waals surface area (Å²) >= 11 is 0. The normalized spacial score (nSPS) is 18.2. The van der Waals surface area contributed by atoms with Gasteiger partial charge in [-0.1, -0.05) is 56.3 Å². The Kier molecular flexibility index (Phi) is 6.51. The second-order valence-electron chi connectivity index (χ2n) is 7.25. The van der Waals surface area contributed by atoms with Gasteiger partial charge in [-0.3, -0.25) is 4.79 Å². The molecule has 1 heterocycles. The molecule has 4 heteroatoms. The van der Waals surface area contributed by atoms with E-state index in [-0.39, 0.29) is 17.9 Å². The maximum Gasteiger partial charge on any atom is 0.223 e. The van der Waals surface area contributed by atoms with Crippen molar-refractivity contribution in [3.05, 3.63) is 65.2 Å². The predicted octanol–water partition coefficient (Wildman–Crippen LogP) is 3.92. The Balaban J connectivity index is 1.74. The number of hydrogen-bond acceptors (Lipinski definition) is 3. The minimum absolute atomic E-state index is 0.0991. The van der Waals surface area contributed by atoms with Crippen molar-refractivity contribution >= 4 is 5.91 Å². The van der Waals surface area contributed by atoms with Gasteiger partial charge in [-0.25, -0.2) is 0 Å². The van der Waals surface area contributed by atoms with Crippen LogP contribution in [-0.2, 0) is 11.2 Å². The second-order valence-corrected chi connectivity index (χ2v) is 7.25. The molecule has 0 aromatic heterocycles. The van der Waals surface area contributed by atoms with E-state index in [2.05, 4.69) is 49.5 Å². The molecule has 1 fully saturated rings. The van der Waals surface area contributed by atoms with Gasteiger partial charge >= 0.3 is 0 Å². The van der Waals surface area contributed by atoms with Crippen LogP contribution in [0.2, 0.25) is 0 Å². The van der Waals surface area contributed by atoms with Crippen LogP contribution in [0, 0.1) is 0 Å². The lowest BCUT2D eigenvalue weighted by Gasteiger charge is -2.37. The summed E-state index contributed by atoms with van der Waals surface area (Å²) < 4.78 is 5.47. The number of nitrogens with zero attached hydrogens (tertiary/aromatic N) is 1. The van der Waals surface area contributed by atoms with E-state index in [0.29, 0.717) is 6.42 Å². The Labute approximate surface area is 162 Å². The first-order valence-electron chi connectivity index (χ1n) is 9.86. The van der Waals surface area contributed by atoms with Gasteiger partial charge in [-0.05, 0) is 35.1 Å². The van der Waals surface area contributed by atoms with Gasteiger partial charge in [0, 0.05) is 26.1 Å². The molecule has 2 aromatic rings. The van der Waals surface area contributed by atoms with Crippen molar-refractivity contribution in [1.29, 1.82) is 0 Å². The molecule has 2 atom stereocenters. The van der Waals surface area contributed by atoms with Crippen LogP contribution >= 0.6 is 0 Å². The number of nitrogens with one attached hydrogen (secondary N) is 1. The molecular weight excluding hydrogens is 336 g/mol. The number of aryl methyl sites for hydroxylation is 1. The van der Waals surface area contributed by atoms with Crippen LogP contribution in [0.1, 0.15) is 48.9 Å². The minimum Gasteiger partial charge on any atom is -0.496 e. The van der Waals surface area contributed by atoms with Gasteiger partial charge in [0.15, 0.2) is 0 Å². The van der Waals surface area contributed by atoms with Crippen LogP contribution < -0.4 is 10.1 Å². The SMILES string of the molecule is CCc1ccc(C2CNCCN2C(=O)CC(C)c2ccccc2OC)cc1. The number of amides is 1. The Hall–Kier alpha value is -2.33. The third-order valence-electron chi connectivity index (χ3n) is 5.49. The van der Waals surface area contributed by atoms with Crippen molar-refractivity contribution in [2.75, 3.05) is 26.7 Å². The quantitative estimate of drug-likeness (QED) is 0.842. The number of methoxy groups -OCH3 is 1. The maximum atomic E-state index is 13.1. The monoisotopic (exact) mass is 366 g/mol. The maximum absolute atomic E-state index is 13.1. The summed E-state index contributed by atoms with van der Waals surface area (Å²) in [6, 6.07) is 16.7. The number of piperazine rings is 1. The summed E-state index contributed by atoms with van der Waals surface area (Å²) in [5, 5.41) is 3.44. The standard InChI is InChI=1S/C23H30N2O2/c1-4-18-9-11-19(12-10-18)21-16-24-13-14-25(21)23(26)15-17(2)20-7-5-6-8-22(20)27-3/h5-12,17,21,24H,4,13-16H2,1-3H3. The number of carbonyl (C=O) groups excluding carboxylic acids is 1. The van der Waals surface area contributed by atoms with Gasteiger partial charge in [0.2, 0.25) is 5.91 Å². The van der Waals surface area contributed by atoms with E-state index >= 15 is 0 Å². The largest absolute Gasteiger partial charge is 0.496 e. The summed E-state index contributed by atoms with van der Waals surface area (Å²) in [5.74, 6) is 1.18. The highest BCUT2D eigenvalue weighted by atomic mass is 16.5. The van der Waals surface area contributed by atoms with Gasteiger partial charge in [-0.2, -0.15) is 0 Å². The van der Waals surface area contributed by atoms with Gasteiger partial charge in [0.05, 0.1) is 13.2 Å². The zero-order chi connectivity index (χ0) is 19.2. The van der Waals surface area contributed by atoms with Crippen molar-refractivity contribution in [2.45, 2.75) is 38.6 Å². The molecule has 27 heavy (non-hydrogen) atoms. The molecule has 1 aliphatic rings. The summed E-state index contributed by atoms with van der Waals surface area (Å²) in [4.78, 5) is 15.2. The molecule has 144 valence electrons. The first-order valence-corrected chi connectivity index (χ1v) is 9.86. The van der Waals surface area contributed by atoms with Crippen LogP contribution in [0.3, 0.4) is 0 Å². The van der Waals surface area contributed by atoms with Crippen LogP contribution in [-0.4, -0.2) is 37.6 Å². The molecule has 3 rings (SSSR count). The predicted molar refractivity (Wildman–Crippen MR) is 109 cm³/mol. The number of hydrogen-bond donors (Lipinski definition) is 1. The van der Waals surface area contributed by atoms with E-state index in [9.17, 15) is 4.79 Å². The minimum atomic E-state index is 0.0991. The van der Waals surface area contributed by atoms with Gasteiger partial charge in [0.1, 0.15) is 5.75 Å². The molecule has 1 amide bonds. The number of para-hydroxylation sites is 1. The third-order valence-corrected chi connectivity index (χ3v) is 5.49. The number of carbonyl (C=O) groups is 1. The second kappa shape index (κ2) is 9.05. The van der Waals surface area contributed by atoms with Crippen LogP contribution in [0.25, 0.3) is 0 Å². The molecule has 1 N–H and O–H groups in total. The fourth-order valence-corrected chi connectivity index (χ4v) is 3.84. The van der Waals surface area contributed by atoms with E-state index in [1.54, 1.807) is 7.11 Å². The number of benzene rings is 2. The molecule has 0 radical (unpaired) electrons. The van der Waals surface area contributed by atoms with E-state index in [1.807, 2.05) is 23.1 Å². The van der Waals surface area contributed by atoms with Crippen LogP contribution in [0.5, 0.6) is 5.75 Å². The Bertz CT molecular complexity index is 757. The molecule has 2 unspecified atom stereocenters. The molecule has 0 aliphatic carbocycles. The van der Waals surface area contributed by atoms with Gasteiger partial charge in [0.25, 0.3) is 0 Å². The van der Waals surface area contributed by atoms with E-state index in [0.717, 1.165) is 37.4 Å². The zero-order valence-electron chi connectivity index (χ0n) is 16.6. The Morgan fingerprint density at radius 2 is 1.96 bits per heavy atom. The zero-order valence-corrected chi connectivity index (χ0v) is 16.6. The summed E-state index contributed by atoms with van der Waals surface area (Å²) in [6.07, 6.45) is 1.52. The molecule has 0 bridgehead atoms. The van der Waals surface area contributed by atoms with Crippen molar-refractivity contribution in [1.82, 2.24) is 10.2 Å². The van der Waals surface area contributed by atoms with Crippen molar-refractivity contribution in [2.24, 2.45) is 0 Å². The van der Waals surface area contributed by atoms with Crippen molar-refractivity contribution < 1.29 is 9.53 Å². The lowest BCUT2D eigenvalue weighted by molar-refractivity contribution is -0.134. The van der Waals surface area contributed by atoms with E-state index in [4.69, 9.17) is 4.74 Å². The number of ether oxygens (including phenoxy) is 1. The smallest absolute Gasteiger partial charge is 0.223 e. The summed E-state index contributed by atoms with van der Waals surface area (Å²) in [6.45, 7) is 6.66. The molecule has 1 saturated heterocycles. The fraction of sp³-hybridized carbons (Fsp3) is 0.435. The van der Waals surface area contributed by atoms with E-state index in [1.165, 1.54) is 11.1 Å². The molecule has 4 nitrogen and oxygen atoms in total. The molecule has 1 aliphatic heterocycles. The first-order chi connectivity index (χ1) is 13.1. The molecular formula is C23H30N2O2. The van der Waals surface area contributed by atoms with Crippen LogP contribution in [0.15, 0.2) is 48.5 Å². The average Bonchev–Trinajstić information content (AvgIpc) is 2.73. The molecule has 0 spiro atoms. The Morgan fingerprint density at radius 3 is 2.67 bits per heavy atom. The van der Waals surface area contributed by atoms with E-state index < -0.39 is 0 Å². The fourth-order valence-electron chi connectivity index (χ4n) is 3.84. The highest BCUT2D eigenvalue weighted by molar-refractivity contribution is 5.78. The first kappa shape index (κ1) is 19.4. The lowest BCUT2D eigenvalue weighted by Crippen LogP contribution is -2.48. The number of rotatable bonds is 6. The average molecular weight is 367 g/mol. The van der Waals surface area contributed by atoms with Crippen molar-refractivity contribution in [3.8, 4) is 5.75 Å². The summed E-state index contributed by atoms with van der Waals surface area (Å²) in [5.41, 5.74) is 3.62. The highest BCUT2D eigenvalue weighted by Gasteiger charge is 2.29. The van der Waals surface area contributed by atoms with Gasteiger partial charge < -0.3 is 15.0 Å². The van der Waals surface area contributed by atoms with Crippen molar-refractivity contribution in [3.63, 3.8) is 0 Å². The molecule has 0 saturated carbocycles. The topological polar surface area (TPSA) is 41.6 Å². The molecule has 2 aromatic carbocycles. The lowest BCUT2D eigenvalue weighted by atomic mass is 9.94. The highest BCUT2D eigenvalue weighted by Crippen LogP contribution is 2.31. The van der Waals surface area contributed by atoms with Gasteiger partial charge in [-0.15, -0.1) is 0 Å². The Morgan fingerprint density at radius 1 is 1.22 bits per heavy atom. The summed E-state index contributed by atoms with van der Waals surface area (Å²) in [7, 11) is 1.68.